The van der Waals surface area contributed by atoms with Gasteiger partial charge in [0.15, 0.2) is 0 Å². The van der Waals surface area contributed by atoms with Crippen molar-refractivity contribution in [2.45, 2.75) is 30.4 Å². The van der Waals surface area contributed by atoms with Crippen LogP contribution in [0.1, 0.15) is 29.6 Å². The van der Waals surface area contributed by atoms with Crippen LogP contribution in [-0.4, -0.2) is 32.5 Å². The van der Waals surface area contributed by atoms with Crippen molar-refractivity contribution in [3.05, 3.63) is 35.4 Å². The van der Waals surface area contributed by atoms with E-state index < -0.39 is 64.9 Å². The molecule has 1 aromatic rings. The predicted octanol–water partition coefficient (Wildman–Crippen LogP) is 3.40. The minimum absolute atomic E-state index is 0.277. The number of carbonyl (C=O) groups is 1. The molecule has 0 aromatic heterocycles. The third-order valence-electron chi connectivity index (χ3n) is 2.85. The summed E-state index contributed by atoms with van der Waals surface area (Å²) in [5.74, 6) is -7.93. The molecule has 0 amide bonds. The Kier molecular flexibility index (Phi) is 6.78. The average molecular weight is 377 g/mol. The molecule has 11 heteroatoms. The highest BCUT2D eigenvalue weighted by molar-refractivity contribution is 7.80. The summed E-state index contributed by atoms with van der Waals surface area (Å²) >= 11 is -4.28. The van der Waals surface area contributed by atoms with E-state index in [9.17, 15) is 39.9 Å². The van der Waals surface area contributed by atoms with Gasteiger partial charge < -0.3 is 9.29 Å². The number of halogens is 6. The molecule has 0 N–H and O–H groups in total. The maximum absolute atomic E-state index is 13.1. The Morgan fingerprint density at radius 3 is 2.12 bits per heavy atom. The van der Waals surface area contributed by atoms with Gasteiger partial charge in [-0.05, 0) is 25.0 Å². The molecule has 0 aliphatic heterocycles. The van der Waals surface area contributed by atoms with E-state index in [1.54, 1.807) is 0 Å². The Bertz CT molecular complexity index is 602. The van der Waals surface area contributed by atoms with E-state index in [1.165, 1.54) is 0 Å². The molecule has 0 radical (unpaired) electrons. The fourth-order valence-electron chi connectivity index (χ4n) is 1.64. The fraction of sp³-hybridized carbons (Fsp3) is 0.462. The van der Waals surface area contributed by atoms with Crippen LogP contribution in [-0.2, 0) is 15.8 Å². The zero-order valence-corrected chi connectivity index (χ0v) is 12.7. The van der Waals surface area contributed by atoms with Gasteiger partial charge >= 0.3 is 17.1 Å². The maximum Gasteiger partial charge on any atom is 0.371 e. The van der Waals surface area contributed by atoms with E-state index in [2.05, 4.69) is 4.74 Å². The average Bonchev–Trinajstić information content (AvgIpc) is 2.45. The van der Waals surface area contributed by atoms with Crippen molar-refractivity contribution in [1.82, 2.24) is 0 Å². The standard InChI is InChI=1S/C13H12F6O4S/c14-9-5-8(6-10(15)7-9)11(20)23-4-2-1-3-12(16,17)13(18,19)24(21)22/h5-7H,1-4H2,(H,21,22)/p-1. The monoisotopic (exact) mass is 377 g/mol. The Hall–Kier alpha value is -1.62. The number of rotatable bonds is 8. The van der Waals surface area contributed by atoms with Crippen molar-refractivity contribution in [1.29, 1.82) is 0 Å². The molecule has 0 aliphatic rings. The fourth-order valence-corrected chi connectivity index (χ4v) is 1.98. The normalized spacial score (nSPS) is 13.6. The number of alkyl halides is 4. The molecule has 0 spiro atoms. The van der Waals surface area contributed by atoms with Crippen LogP contribution >= 0.6 is 0 Å². The van der Waals surface area contributed by atoms with Crippen molar-refractivity contribution >= 4 is 17.0 Å². The van der Waals surface area contributed by atoms with Crippen LogP contribution in [0.5, 0.6) is 0 Å². The van der Waals surface area contributed by atoms with Crippen molar-refractivity contribution in [3.8, 4) is 0 Å². The SMILES string of the molecule is O=C(OCCCCC(F)(F)C(F)(F)S(=O)[O-])c1cc(F)cc(F)c1. The molecule has 4 nitrogen and oxygen atoms in total. The Balaban J connectivity index is 2.44. The van der Waals surface area contributed by atoms with Crippen LogP contribution in [0, 0.1) is 11.6 Å². The first-order valence-corrected chi connectivity index (χ1v) is 7.53. The molecule has 1 unspecified atom stereocenters. The molecule has 1 rings (SSSR count). The van der Waals surface area contributed by atoms with E-state index >= 15 is 0 Å². The zero-order valence-electron chi connectivity index (χ0n) is 11.9. The molecule has 0 fully saturated rings. The minimum Gasteiger partial charge on any atom is -0.768 e. The molecule has 0 aliphatic carbocycles. The van der Waals surface area contributed by atoms with Gasteiger partial charge in [0.1, 0.15) is 11.6 Å². The van der Waals surface area contributed by atoms with Crippen LogP contribution in [0.4, 0.5) is 26.3 Å². The molecule has 0 heterocycles. The van der Waals surface area contributed by atoms with Crippen LogP contribution in [0.2, 0.25) is 0 Å². The lowest BCUT2D eigenvalue weighted by molar-refractivity contribution is -0.162. The number of esters is 1. The highest BCUT2D eigenvalue weighted by Crippen LogP contribution is 2.39. The highest BCUT2D eigenvalue weighted by Gasteiger charge is 2.56. The third-order valence-corrected chi connectivity index (χ3v) is 3.57. The van der Waals surface area contributed by atoms with E-state index in [0.717, 1.165) is 0 Å². The predicted molar refractivity (Wildman–Crippen MR) is 69.3 cm³/mol. The van der Waals surface area contributed by atoms with Gasteiger partial charge in [-0.1, -0.05) is 0 Å². The Morgan fingerprint density at radius 1 is 1.08 bits per heavy atom. The summed E-state index contributed by atoms with van der Waals surface area (Å²) in [6.07, 6.45) is -2.29. The van der Waals surface area contributed by atoms with Crippen molar-refractivity contribution in [2.75, 3.05) is 6.61 Å². The van der Waals surface area contributed by atoms with Gasteiger partial charge in [0.25, 0.3) is 0 Å². The van der Waals surface area contributed by atoms with Crippen LogP contribution in [0.3, 0.4) is 0 Å². The molecular weight excluding hydrogens is 366 g/mol. The molecule has 1 aromatic carbocycles. The van der Waals surface area contributed by atoms with Gasteiger partial charge in [-0.3, -0.25) is 4.21 Å². The summed E-state index contributed by atoms with van der Waals surface area (Å²) in [6.45, 7) is -0.473. The van der Waals surface area contributed by atoms with Crippen LogP contribution < -0.4 is 0 Å². The lowest BCUT2D eigenvalue weighted by atomic mass is 10.1. The maximum atomic E-state index is 13.1. The summed E-state index contributed by atoms with van der Waals surface area (Å²) in [7, 11) is 0. The molecule has 1 atom stereocenters. The second-order valence-corrected chi connectivity index (χ2v) is 5.69. The quantitative estimate of drug-likeness (QED) is 0.301. The molecule has 24 heavy (non-hydrogen) atoms. The zero-order chi connectivity index (χ0) is 18.5. The second kappa shape index (κ2) is 7.97. The van der Waals surface area contributed by atoms with Gasteiger partial charge in [0.05, 0.1) is 12.2 Å². The topological polar surface area (TPSA) is 66.4 Å². The lowest BCUT2D eigenvalue weighted by Gasteiger charge is -2.27. The van der Waals surface area contributed by atoms with Gasteiger partial charge in [0.2, 0.25) is 0 Å². The number of benzene rings is 1. The van der Waals surface area contributed by atoms with Gasteiger partial charge in [-0.25, -0.2) is 13.6 Å². The molecular formula is C13H11F6O4S-. The number of carbonyl (C=O) groups excluding carboxylic acids is 1. The third kappa shape index (κ3) is 5.20. The summed E-state index contributed by atoms with van der Waals surface area (Å²) in [5.41, 5.74) is -0.439. The first-order chi connectivity index (χ1) is 11.0. The van der Waals surface area contributed by atoms with E-state index in [1.807, 2.05) is 0 Å². The first-order valence-electron chi connectivity index (χ1n) is 6.45. The van der Waals surface area contributed by atoms with Crippen molar-refractivity contribution in [3.63, 3.8) is 0 Å². The number of ether oxygens (including phenoxy) is 1. The van der Waals surface area contributed by atoms with Gasteiger partial charge in [0, 0.05) is 23.6 Å². The minimum atomic E-state index is -5.21. The summed E-state index contributed by atoms with van der Waals surface area (Å²) in [6, 6.07) is 1.92. The van der Waals surface area contributed by atoms with Crippen LogP contribution in [0.15, 0.2) is 18.2 Å². The van der Waals surface area contributed by atoms with E-state index in [4.69, 9.17) is 0 Å². The number of hydrogen-bond donors (Lipinski definition) is 0. The Labute approximate surface area is 135 Å². The van der Waals surface area contributed by atoms with Gasteiger partial charge in [-0.15, -0.1) is 0 Å². The van der Waals surface area contributed by atoms with Crippen molar-refractivity contribution < 1.29 is 44.6 Å². The molecule has 0 saturated heterocycles. The smallest absolute Gasteiger partial charge is 0.371 e. The largest absolute Gasteiger partial charge is 0.768 e. The first kappa shape index (κ1) is 20.4. The second-order valence-electron chi connectivity index (χ2n) is 4.71. The summed E-state index contributed by atoms with van der Waals surface area (Å²) in [4.78, 5) is 11.5. The molecule has 0 saturated carbocycles. The van der Waals surface area contributed by atoms with Crippen LogP contribution in [0.25, 0.3) is 0 Å². The summed E-state index contributed by atoms with van der Waals surface area (Å²) in [5, 5.41) is -5.21. The number of unbranched alkanes of at least 4 members (excludes halogenated alkanes) is 1. The van der Waals surface area contributed by atoms with E-state index in [-0.39, 0.29) is 6.42 Å². The van der Waals surface area contributed by atoms with E-state index in [0.29, 0.717) is 18.2 Å². The Morgan fingerprint density at radius 2 is 1.62 bits per heavy atom. The summed E-state index contributed by atoms with van der Waals surface area (Å²) < 4.78 is 102. The lowest BCUT2D eigenvalue weighted by Crippen LogP contribution is -2.43. The highest BCUT2D eigenvalue weighted by atomic mass is 32.2. The molecule has 0 bridgehead atoms. The van der Waals surface area contributed by atoms with Gasteiger partial charge in [-0.2, -0.15) is 17.6 Å². The van der Waals surface area contributed by atoms with Crippen molar-refractivity contribution in [2.24, 2.45) is 0 Å². The molecule has 136 valence electrons. The number of hydrogen-bond acceptors (Lipinski definition) is 4.